The first-order valence-electron chi connectivity index (χ1n) is 8.32. The lowest BCUT2D eigenvalue weighted by Crippen LogP contribution is -2.40. The predicted octanol–water partition coefficient (Wildman–Crippen LogP) is 3.44. The molecule has 0 aromatic heterocycles. The lowest BCUT2D eigenvalue weighted by atomic mass is 10.0. The van der Waals surface area contributed by atoms with Crippen LogP contribution in [0.5, 0.6) is 0 Å². The van der Waals surface area contributed by atoms with Gasteiger partial charge in [-0.25, -0.2) is 0 Å². The summed E-state index contributed by atoms with van der Waals surface area (Å²) in [6.45, 7) is 5.98. The van der Waals surface area contributed by atoms with Crippen LogP contribution in [0.2, 0.25) is 0 Å². The van der Waals surface area contributed by atoms with Gasteiger partial charge in [0.2, 0.25) is 0 Å². The summed E-state index contributed by atoms with van der Waals surface area (Å²) in [5, 5.41) is 9.86. The van der Waals surface area contributed by atoms with Crippen molar-refractivity contribution in [3.63, 3.8) is 0 Å². The van der Waals surface area contributed by atoms with Gasteiger partial charge in [-0.05, 0) is 29.2 Å². The number of hydrogen-bond acceptors (Lipinski definition) is 3. The zero-order valence-corrected chi connectivity index (χ0v) is 15.5. The van der Waals surface area contributed by atoms with Crippen molar-refractivity contribution in [3.8, 4) is 0 Å². The normalized spacial score (nSPS) is 14.1. The maximum Gasteiger partial charge on any atom is 0.0589 e. The maximum absolute atomic E-state index is 11.5. The predicted molar refractivity (Wildman–Crippen MR) is 100 cm³/mol. The lowest BCUT2D eigenvalue weighted by Gasteiger charge is -2.33. The van der Waals surface area contributed by atoms with Crippen LogP contribution in [0.3, 0.4) is 0 Å². The SMILES string of the molecule is CC(C)C(CO)N(Cc1ccccc1)Cc1ccc(S(C)=O)cc1. The summed E-state index contributed by atoms with van der Waals surface area (Å²) in [4.78, 5) is 3.16. The van der Waals surface area contributed by atoms with Crippen molar-refractivity contribution in [2.75, 3.05) is 12.9 Å². The Morgan fingerprint density at radius 2 is 1.50 bits per heavy atom. The Balaban J connectivity index is 2.19. The van der Waals surface area contributed by atoms with Gasteiger partial charge in [-0.1, -0.05) is 56.3 Å². The van der Waals surface area contributed by atoms with Crippen LogP contribution in [-0.4, -0.2) is 33.1 Å². The molecule has 24 heavy (non-hydrogen) atoms. The molecule has 0 bridgehead atoms. The minimum Gasteiger partial charge on any atom is -0.395 e. The monoisotopic (exact) mass is 345 g/mol. The van der Waals surface area contributed by atoms with E-state index in [9.17, 15) is 9.32 Å². The summed E-state index contributed by atoms with van der Waals surface area (Å²) in [6, 6.07) is 18.4. The zero-order chi connectivity index (χ0) is 17.5. The van der Waals surface area contributed by atoms with Crippen molar-refractivity contribution >= 4 is 10.8 Å². The number of rotatable bonds is 8. The molecule has 0 aliphatic heterocycles. The number of hydrogen-bond donors (Lipinski definition) is 1. The Morgan fingerprint density at radius 3 is 1.96 bits per heavy atom. The first-order chi connectivity index (χ1) is 11.5. The summed E-state index contributed by atoms with van der Waals surface area (Å²) in [5.74, 6) is 0.362. The zero-order valence-electron chi connectivity index (χ0n) is 14.7. The van der Waals surface area contributed by atoms with Gasteiger partial charge in [0.05, 0.1) is 6.61 Å². The van der Waals surface area contributed by atoms with E-state index in [1.54, 1.807) is 6.26 Å². The molecule has 0 aliphatic carbocycles. The Morgan fingerprint density at radius 1 is 0.958 bits per heavy atom. The summed E-state index contributed by atoms with van der Waals surface area (Å²) < 4.78 is 11.5. The third kappa shape index (κ3) is 5.26. The van der Waals surface area contributed by atoms with Crippen molar-refractivity contribution < 1.29 is 9.32 Å². The fourth-order valence-electron chi connectivity index (χ4n) is 2.88. The number of benzene rings is 2. The van der Waals surface area contributed by atoms with Crippen LogP contribution >= 0.6 is 0 Å². The average Bonchev–Trinajstić information content (AvgIpc) is 2.56. The molecule has 4 heteroatoms. The molecule has 2 rings (SSSR count). The molecule has 2 aromatic carbocycles. The minimum absolute atomic E-state index is 0.102. The van der Waals surface area contributed by atoms with Crippen LogP contribution in [0.25, 0.3) is 0 Å². The molecule has 0 saturated heterocycles. The molecule has 0 fully saturated rings. The second kappa shape index (κ2) is 9.11. The highest BCUT2D eigenvalue weighted by Crippen LogP contribution is 2.19. The standard InChI is InChI=1S/C20H27NO2S/c1-16(2)20(15-22)21(13-17-7-5-4-6-8-17)14-18-9-11-19(12-10-18)24(3)23/h4-12,16,20,22H,13-15H2,1-3H3. The van der Waals surface area contributed by atoms with Gasteiger partial charge in [0.25, 0.3) is 0 Å². The van der Waals surface area contributed by atoms with Crippen LogP contribution in [0.4, 0.5) is 0 Å². The second-order valence-electron chi connectivity index (χ2n) is 6.48. The molecular weight excluding hydrogens is 318 g/mol. The Hall–Kier alpha value is -1.49. The van der Waals surface area contributed by atoms with Crippen molar-refractivity contribution in [3.05, 3.63) is 65.7 Å². The van der Waals surface area contributed by atoms with E-state index in [1.165, 1.54) is 11.1 Å². The molecule has 0 heterocycles. The highest BCUT2D eigenvalue weighted by Gasteiger charge is 2.21. The van der Waals surface area contributed by atoms with Gasteiger partial charge < -0.3 is 5.11 Å². The molecule has 2 unspecified atom stereocenters. The van der Waals surface area contributed by atoms with Gasteiger partial charge in [-0.2, -0.15) is 0 Å². The fraction of sp³-hybridized carbons (Fsp3) is 0.400. The van der Waals surface area contributed by atoms with Crippen LogP contribution in [0.1, 0.15) is 25.0 Å². The topological polar surface area (TPSA) is 40.5 Å². The van der Waals surface area contributed by atoms with Crippen LogP contribution in [0, 0.1) is 5.92 Å². The van der Waals surface area contributed by atoms with Crippen molar-refractivity contribution in [1.29, 1.82) is 0 Å². The number of aliphatic hydroxyl groups is 1. The molecule has 0 radical (unpaired) electrons. The quantitative estimate of drug-likeness (QED) is 0.797. The molecule has 0 amide bonds. The average molecular weight is 346 g/mol. The lowest BCUT2D eigenvalue weighted by molar-refractivity contribution is 0.0784. The van der Waals surface area contributed by atoms with Gasteiger partial charge in [0, 0.05) is 41.1 Å². The molecule has 130 valence electrons. The van der Waals surface area contributed by atoms with Gasteiger partial charge in [0.1, 0.15) is 0 Å². The second-order valence-corrected chi connectivity index (χ2v) is 7.86. The highest BCUT2D eigenvalue weighted by atomic mass is 32.2. The number of nitrogens with zero attached hydrogens (tertiary/aromatic N) is 1. The van der Waals surface area contributed by atoms with Crippen molar-refractivity contribution in [1.82, 2.24) is 4.90 Å². The van der Waals surface area contributed by atoms with Crippen molar-refractivity contribution in [2.45, 2.75) is 37.9 Å². The Kier molecular flexibility index (Phi) is 7.16. The molecule has 1 N–H and O–H groups in total. The maximum atomic E-state index is 11.5. The third-order valence-corrected chi connectivity index (χ3v) is 5.23. The molecule has 0 spiro atoms. The van der Waals surface area contributed by atoms with Gasteiger partial charge >= 0.3 is 0 Å². The van der Waals surface area contributed by atoms with Gasteiger partial charge in [-0.15, -0.1) is 0 Å². The van der Waals surface area contributed by atoms with E-state index in [2.05, 4.69) is 30.9 Å². The van der Waals surface area contributed by atoms with E-state index in [-0.39, 0.29) is 12.6 Å². The molecule has 2 atom stereocenters. The van der Waals surface area contributed by atoms with E-state index >= 15 is 0 Å². The van der Waals surface area contributed by atoms with E-state index < -0.39 is 10.8 Å². The van der Waals surface area contributed by atoms with E-state index in [0.717, 1.165) is 18.0 Å². The third-order valence-electron chi connectivity index (χ3n) is 4.30. The van der Waals surface area contributed by atoms with E-state index in [4.69, 9.17) is 0 Å². The summed E-state index contributed by atoms with van der Waals surface area (Å²) >= 11 is 0. The molecule has 2 aromatic rings. The van der Waals surface area contributed by atoms with E-state index in [1.807, 2.05) is 42.5 Å². The first kappa shape index (κ1) is 18.8. The number of aliphatic hydroxyl groups excluding tert-OH is 1. The summed E-state index contributed by atoms with van der Waals surface area (Å²) in [5.41, 5.74) is 2.40. The largest absolute Gasteiger partial charge is 0.395 e. The van der Waals surface area contributed by atoms with Crippen LogP contribution in [-0.2, 0) is 23.9 Å². The minimum atomic E-state index is -0.953. The molecule has 0 saturated carbocycles. The first-order valence-corrected chi connectivity index (χ1v) is 9.88. The highest BCUT2D eigenvalue weighted by molar-refractivity contribution is 7.84. The van der Waals surface area contributed by atoms with E-state index in [0.29, 0.717) is 5.92 Å². The van der Waals surface area contributed by atoms with Gasteiger partial charge in [-0.3, -0.25) is 9.11 Å². The summed E-state index contributed by atoms with van der Waals surface area (Å²) in [7, 11) is -0.953. The Bertz CT molecular complexity index is 640. The van der Waals surface area contributed by atoms with Gasteiger partial charge in [0.15, 0.2) is 0 Å². The van der Waals surface area contributed by atoms with Crippen LogP contribution in [0.15, 0.2) is 59.5 Å². The molecule has 3 nitrogen and oxygen atoms in total. The van der Waals surface area contributed by atoms with Crippen LogP contribution < -0.4 is 0 Å². The van der Waals surface area contributed by atoms with Crippen molar-refractivity contribution in [2.24, 2.45) is 5.92 Å². The summed E-state index contributed by atoms with van der Waals surface area (Å²) in [6.07, 6.45) is 1.69. The Labute approximate surface area is 147 Å². The molecule has 0 aliphatic rings. The fourth-order valence-corrected chi connectivity index (χ4v) is 3.40. The molecular formula is C20H27NO2S. The smallest absolute Gasteiger partial charge is 0.0589 e.